The van der Waals surface area contributed by atoms with Crippen molar-refractivity contribution in [1.82, 2.24) is 116 Å². The predicted molar refractivity (Wildman–Crippen MR) is 591 cm³/mol. The Kier molecular flexibility index (Phi) is 20.2. The first kappa shape index (κ1) is 85.6. The molecule has 0 amide bonds. The molecular formula is C126H78N24. The number of pyridine rings is 8. The molecule has 16 heterocycles. The monoisotopic (exact) mass is 1930 g/mol. The quantitative estimate of drug-likeness (QED) is 0.0688. The van der Waals surface area contributed by atoms with Crippen molar-refractivity contribution in [3.05, 3.63) is 474 Å². The topological polar surface area (TPSA) is 246 Å². The summed E-state index contributed by atoms with van der Waals surface area (Å²) in [4.78, 5) is 87.4. The van der Waals surface area contributed by atoms with Gasteiger partial charge in [-0.05, 0) is 324 Å². The molecule has 29 aromatic rings. The van der Waals surface area contributed by atoms with Gasteiger partial charge in [0.05, 0.1) is 0 Å². The molecule has 0 aliphatic heterocycles. The number of para-hydroxylation sites is 8. The number of rotatable bonds is 20. The lowest BCUT2D eigenvalue weighted by Gasteiger charge is -2.22. The molecule has 0 radical (unpaired) electrons. The zero-order chi connectivity index (χ0) is 98.8. The Morgan fingerprint density at radius 2 is 0.233 bits per heavy atom. The van der Waals surface area contributed by atoms with Crippen LogP contribution in [-0.4, -0.2) is 116 Å². The van der Waals surface area contributed by atoms with E-state index in [1.165, 1.54) is 0 Å². The summed E-state index contributed by atoms with van der Waals surface area (Å²) in [6, 6.07) is 146. The molecule has 0 aliphatic rings. The van der Waals surface area contributed by atoms with Crippen LogP contribution in [0, 0.1) is 0 Å². The largest absolute Gasteiger partial charge is 0.277 e. The van der Waals surface area contributed by atoms with E-state index in [-0.39, 0.29) is 0 Å². The number of nitrogens with zero attached hydrogens (tertiary/aromatic N) is 24. The second-order valence-corrected chi connectivity index (χ2v) is 36.8. The van der Waals surface area contributed by atoms with E-state index in [2.05, 4.69) is 316 Å². The summed E-state index contributed by atoms with van der Waals surface area (Å²) in [7, 11) is 0. The van der Waals surface area contributed by atoms with Gasteiger partial charge in [-0.15, -0.1) is 0 Å². The Balaban J connectivity index is 0.828. The smallest absolute Gasteiger partial charge is 0.164 e. The lowest BCUT2D eigenvalue weighted by Crippen LogP contribution is -2.03. The van der Waals surface area contributed by atoms with E-state index in [4.69, 9.17) is 79.7 Å². The SMILES string of the molecule is c1ccc(-n2c(-c3cc(-c4cc(-c5cc(-c6nc7cccnc7n6-c6ccccc6)cc(-c6nc7cccnc7n6-c6ccccc6)c5)c(-c5cc(-c6nc7cccnc7n6-c6ccccc6)cc(-c6nc7cccnc7n6-c6ccccc6)c5)cc4-c4cc(-c5nc6cccnc6n5-c5ccccc5)cc(-c5nc6cccnc6n5-c5ccccc5)c4)cc(-c4nc5cccnc5n4-c4ccccc4)c3)nc3cccnc32)cc1. The van der Waals surface area contributed by atoms with Crippen LogP contribution in [0.5, 0.6) is 0 Å². The molecule has 0 spiro atoms. The number of benzene rings is 13. The van der Waals surface area contributed by atoms with Crippen LogP contribution in [0.4, 0.5) is 0 Å². The van der Waals surface area contributed by atoms with Gasteiger partial charge in [0.2, 0.25) is 0 Å². The van der Waals surface area contributed by atoms with E-state index in [0.717, 1.165) is 135 Å². The molecule has 24 nitrogen and oxygen atoms in total. The van der Waals surface area contributed by atoms with Gasteiger partial charge in [0.15, 0.2) is 45.2 Å². The molecular weight excluding hydrogens is 1850 g/mol. The summed E-state index contributed by atoms with van der Waals surface area (Å²) in [6.07, 6.45) is 14.6. The van der Waals surface area contributed by atoms with E-state index in [9.17, 15) is 0 Å². The number of hydrogen-bond acceptors (Lipinski definition) is 16. The van der Waals surface area contributed by atoms with Crippen LogP contribution in [-0.2, 0) is 0 Å². The molecule has 0 unspecified atom stereocenters. The van der Waals surface area contributed by atoms with Crippen molar-refractivity contribution in [1.29, 1.82) is 0 Å². The first-order valence-corrected chi connectivity index (χ1v) is 49.3. The van der Waals surface area contributed by atoms with Crippen molar-refractivity contribution >= 4 is 89.3 Å². The van der Waals surface area contributed by atoms with Gasteiger partial charge in [-0.3, -0.25) is 36.5 Å². The molecule has 702 valence electrons. The van der Waals surface area contributed by atoms with Crippen molar-refractivity contribution in [2.24, 2.45) is 0 Å². The first-order chi connectivity index (χ1) is 74.4. The molecule has 16 aromatic heterocycles. The van der Waals surface area contributed by atoms with Gasteiger partial charge in [-0.2, -0.15) is 0 Å². The van der Waals surface area contributed by atoms with Crippen molar-refractivity contribution < 1.29 is 0 Å². The van der Waals surface area contributed by atoms with Gasteiger partial charge in [0.1, 0.15) is 90.7 Å². The lowest BCUT2D eigenvalue weighted by molar-refractivity contribution is 1.07. The molecule has 0 fully saturated rings. The Labute approximate surface area is 855 Å². The van der Waals surface area contributed by atoms with E-state index in [1.54, 1.807) is 0 Å². The number of hydrogen-bond donors (Lipinski definition) is 0. The second kappa shape index (κ2) is 35.4. The van der Waals surface area contributed by atoms with Gasteiger partial charge < -0.3 is 0 Å². The summed E-state index contributed by atoms with van der Waals surface area (Å²) in [5.74, 6) is 4.92. The molecule has 24 heteroatoms. The third-order valence-corrected chi connectivity index (χ3v) is 27.6. The molecule has 0 atom stereocenters. The normalized spacial score (nSPS) is 11.7. The third kappa shape index (κ3) is 14.6. The highest BCUT2D eigenvalue weighted by Gasteiger charge is 2.32. The average Bonchev–Trinajstić information content (AvgIpc) is 1.25. The molecule has 0 saturated carbocycles. The zero-order valence-corrected chi connectivity index (χ0v) is 79.8. The van der Waals surface area contributed by atoms with Crippen LogP contribution in [0.1, 0.15) is 0 Å². The second-order valence-electron chi connectivity index (χ2n) is 36.8. The summed E-state index contributed by atoms with van der Waals surface area (Å²) in [5.41, 5.74) is 29.5. The molecule has 13 aromatic carbocycles. The van der Waals surface area contributed by atoms with E-state index >= 15 is 0 Å². The Morgan fingerprint density at radius 3 is 0.360 bits per heavy atom. The highest BCUT2D eigenvalue weighted by atomic mass is 15.2. The summed E-state index contributed by atoms with van der Waals surface area (Å²) >= 11 is 0. The molecule has 150 heavy (non-hydrogen) atoms. The van der Waals surface area contributed by atoms with Crippen molar-refractivity contribution in [3.63, 3.8) is 0 Å². The van der Waals surface area contributed by atoms with E-state index < -0.39 is 0 Å². The zero-order valence-electron chi connectivity index (χ0n) is 79.8. The highest BCUT2D eigenvalue weighted by Crippen LogP contribution is 2.51. The van der Waals surface area contributed by atoms with E-state index in [0.29, 0.717) is 136 Å². The highest BCUT2D eigenvalue weighted by molar-refractivity contribution is 6.03. The molecule has 29 rings (SSSR count). The van der Waals surface area contributed by atoms with Gasteiger partial charge in [0, 0.05) is 140 Å². The van der Waals surface area contributed by atoms with Crippen LogP contribution in [0.2, 0.25) is 0 Å². The lowest BCUT2D eigenvalue weighted by atomic mass is 9.83. The van der Waals surface area contributed by atoms with Gasteiger partial charge in [0.25, 0.3) is 0 Å². The summed E-state index contributed by atoms with van der Waals surface area (Å²) < 4.78 is 17.3. The summed E-state index contributed by atoms with van der Waals surface area (Å²) in [5, 5.41) is 0. The van der Waals surface area contributed by atoms with Crippen LogP contribution in [0.25, 0.3) is 270 Å². The Hall–Kier alpha value is -21.2. The number of aromatic nitrogens is 24. The van der Waals surface area contributed by atoms with E-state index in [1.807, 2.05) is 195 Å². The maximum absolute atomic E-state index is 5.74. The van der Waals surface area contributed by atoms with Crippen molar-refractivity contribution in [2.45, 2.75) is 0 Å². The van der Waals surface area contributed by atoms with Gasteiger partial charge in [-0.1, -0.05) is 146 Å². The third-order valence-electron chi connectivity index (χ3n) is 27.6. The first-order valence-electron chi connectivity index (χ1n) is 49.3. The predicted octanol–water partition coefficient (Wildman–Crippen LogP) is 27.6. The van der Waals surface area contributed by atoms with Crippen LogP contribution in [0.3, 0.4) is 0 Å². The van der Waals surface area contributed by atoms with Gasteiger partial charge >= 0.3 is 0 Å². The molecule has 0 saturated heterocycles. The molecule has 0 N–H and O–H groups in total. The van der Waals surface area contributed by atoms with Crippen molar-refractivity contribution in [3.8, 4) is 181 Å². The Morgan fingerprint density at radius 1 is 0.113 bits per heavy atom. The molecule has 0 bridgehead atoms. The maximum Gasteiger partial charge on any atom is 0.164 e. The van der Waals surface area contributed by atoms with Crippen LogP contribution < -0.4 is 0 Å². The number of fused-ring (bicyclic) bond motifs is 8. The minimum atomic E-state index is 0.616. The fourth-order valence-electron chi connectivity index (χ4n) is 21.1. The average molecular weight is 1930 g/mol. The van der Waals surface area contributed by atoms with Gasteiger partial charge in [-0.25, -0.2) is 79.7 Å². The fourth-order valence-corrected chi connectivity index (χ4v) is 21.1. The minimum Gasteiger partial charge on any atom is -0.277 e. The van der Waals surface area contributed by atoms with Crippen LogP contribution in [0.15, 0.2) is 474 Å². The minimum absolute atomic E-state index is 0.616. The van der Waals surface area contributed by atoms with Crippen molar-refractivity contribution in [2.75, 3.05) is 0 Å². The van der Waals surface area contributed by atoms with Crippen LogP contribution >= 0.6 is 0 Å². The maximum atomic E-state index is 5.74. The Bertz CT molecular complexity index is 8640. The molecule has 0 aliphatic carbocycles. The standard InChI is InChI=1S/C126H78N24/c1-9-33-91(34-10-1)143-111(135-103-49-25-57-127-119(103)143)83-65-79(66-84(73-83)112-136-104-50-26-58-128-120(104)144(112)92-35-11-2-12-36-92)99-77-101(81-69-87(115-139-107-53-29-61-131-123(107)147(115)95-41-17-5-18-42-95)75-88(70-81)116-140-108-54-30-62-132-124(108)148(116)96-43-19-6-20-44-96)102(82-71-89(117-141-109-55-31-63-133-125(109)149(117)97-45-21-7-22-46-97)76-90(72-82)118-142-110-56-32-64-134-126(110)150(118)98-47-23-8-24-48-98)78-100(99)80-67-85(113-137-105-51-27-59-129-121(105)145(113)93-37-13-3-14-38-93)74-86(68-80)114-138-106-52-28-60-130-122(106)146(114)94-39-15-4-16-40-94/h1-78H. The number of imidazole rings is 8. The summed E-state index contributed by atoms with van der Waals surface area (Å²) in [6.45, 7) is 0. The fraction of sp³-hybridized carbons (Fsp3) is 0.